The van der Waals surface area contributed by atoms with Crippen molar-refractivity contribution in [3.8, 4) is 17.3 Å². The molecule has 0 spiro atoms. The van der Waals surface area contributed by atoms with E-state index in [0.29, 0.717) is 26.7 Å². The molecular formula is C22H24N4O4S. The lowest BCUT2D eigenvalue weighted by atomic mass is 10.1. The third-order valence-corrected chi connectivity index (χ3v) is 5.69. The number of carbonyl (C=O) groups excluding carboxylic acids is 1. The Morgan fingerprint density at radius 2 is 1.94 bits per heavy atom. The van der Waals surface area contributed by atoms with Gasteiger partial charge < -0.3 is 9.30 Å². The molecule has 162 valence electrons. The molecule has 0 aliphatic heterocycles. The lowest BCUT2D eigenvalue weighted by molar-refractivity contribution is 0.0382. The highest BCUT2D eigenvalue weighted by Crippen LogP contribution is 2.32. The molecule has 0 aliphatic rings. The van der Waals surface area contributed by atoms with Crippen molar-refractivity contribution in [1.82, 2.24) is 13.9 Å². The van der Waals surface area contributed by atoms with Crippen molar-refractivity contribution in [1.29, 1.82) is 5.26 Å². The second-order valence-corrected chi connectivity index (χ2v) is 10.2. The first-order chi connectivity index (χ1) is 14.4. The van der Waals surface area contributed by atoms with Crippen LogP contribution < -0.4 is 0 Å². The van der Waals surface area contributed by atoms with Gasteiger partial charge in [0.25, 0.3) is 0 Å². The molecule has 9 heteroatoms. The fourth-order valence-electron chi connectivity index (χ4n) is 3.34. The minimum Gasteiger partial charge on any atom is -0.443 e. The van der Waals surface area contributed by atoms with E-state index >= 15 is 0 Å². The summed E-state index contributed by atoms with van der Waals surface area (Å²) in [6, 6.07) is 11.5. The lowest BCUT2D eigenvalue weighted by Crippen LogP contribution is -2.39. The minimum atomic E-state index is -3.88. The van der Waals surface area contributed by atoms with Crippen LogP contribution in [0.1, 0.15) is 31.9 Å². The number of hydrogen-bond acceptors (Lipinski definition) is 6. The summed E-state index contributed by atoms with van der Waals surface area (Å²) in [7, 11) is -2.02. The molecule has 3 aromatic rings. The average Bonchev–Trinajstić information content (AvgIpc) is 2.96. The summed E-state index contributed by atoms with van der Waals surface area (Å²) in [5.41, 5.74) is 2.36. The van der Waals surface area contributed by atoms with E-state index in [4.69, 9.17) is 4.74 Å². The first-order valence-electron chi connectivity index (χ1n) is 9.55. The number of nitriles is 1. The molecule has 0 bridgehead atoms. The molecule has 8 nitrogen and oxygen atoms in total. The quantitative estimate of drug-likeness (QED) is 0.611. The minimum absolute atomic E-state index is 0.236. The number of pyridine rings is 1. The van der Waals surface area contributed by atoms with E-state index in [-0.39, 0.29) is 6.54 Å². The van der Waals surface area contributed by atoms with Crippen molar-refractivity contribution < 1.29 is 17.9 Å². The van der Waals surface area contributed by atoms with E-state index < -0.39 is 21.7 Å². The topological polar surface area (TPSA) is 105 Å². The van der Waals surface area contributed by atoms with Gasteiger partial charge in [0.1, 0.15) is 11.7 Å². The maximum Gasteiger partial charge on any atom is 0.424 e. The number of sulfonamides is 1. The number of carbonyl (C=O) groups is 1. The SMILES string of the molecule is Cn1c(-c2cncc(CN(C(=O)OC(C)(C)C)S(C)(=O)=O)c2)c(C#N)c2ccccc21. The molecule has 2 heterocycles. The summed E-state index contributed by atoms with van der Waals surface area (Å²) >= 11 is 0. The first-order valence-corrected chi connectivity index (χ1v) is 11.4. The van der Waals surface area contributed by atoms with Crippen molar-refractivity contribution in [2.45, 2.75) is 32.9 Å². The Kier molecular flexibility index (Phi) is 5.79. The Bertz CT molecular complexity index is 1300. The van der Waals surface area contributed by atoms with Gasteiger partial charge in [0.05, 0.1) is 24.1 Å². The number of amides is 1. The number of para-hydroxylation sites is 1. The molecule has 3 rings (SSSR count). The highest BCUT2D eigenvalue weighted by atomic mass is 32.2. The Balaban J connectivity index is 2.05. The van der Waals surface area contributed by atoms with Crippen molar-refractivity contribution in [2.24, 2.45) is 7.05 Å². The van der Waals surface area contributed by atoms with Crippen molar-refractivity contribution in [3.63, 3.8) is 0 Å². The number of fused-ring (bicyclic) bond motifs is 1. The standard InChI is InChI=1S/C22H24N4O4S/c1-22(2,3)30-21(27)26(31(5,28)29)14-15-10-16(13-24-12-15)20-18(11-23)17-8-6-7-9-19(17)25(20)4/h6-10,12-13H,14H2,1-5H3. The predicted octanol–water partition coefficient (Wildman–Crippen LogP) is 3.81. The summed E-state index contributed by atoms with van der Waals surface area (Å²) in [6.45, 7) is 4.76. The summed E-state index contributed by atoms with van der Waals surface area (Å²) in [5, 5.41) is 10.6. The Morgan fingerprint density at radius 1 is 1.26 bits per heavy atom. The molecule has 0 saturated carbocycles. The number of ether oxygens (including phenoxy) is 1. The van der Waals surface area contributed by atoms with Crippen molar-refractivity contribution >= 4 is 27.0 Å². The molecule has 0 atom stereocenters. The van der Waals surface area contributed by atoms with E-state index in [9.17, 15) is 18.5 Å². The summed E-state index contributed by atoms with van der Waals surface area (Å²) < 4.78 is 32.3. The summed E-state index contributed by atoms with van der Waals surface area (Å²) in [4.78, 5) is 16.7. The third-order valence-electron chi connectivity index (χ3n) is 4.61. The van der Waals surface area contributed by atoms with Gasteiger partial charge in [0.2, 0.25) is 10.0 Å². The van der Waals surface area contributed by atoms with Crippen LogP contribution >= 0.6 is 0 Å². The van der Waals surface area contributed by atoms with Gasteiger partial charge in [-0.3, -0.25) is 4.98 Å². The van der Waals surface area contributed by atoms with E-state index in [0.717, 1.165) is 17.2 Å². The molecule has 0 unspecified atom stereocenters. The molecule has 0 N–H and O–H groups in total. The normalized spacial score (nSPS) is 11.9. The summed E-state index contributed by atoms with van der Waals surface area (Å²) in [6.07, 6.45) is 3.09. The average molecular weight is 441 g/mol. The number of nitrogens with zero attached hydrogens (tertiary/aromatic N) is 4. The van der Waals surface area contributed by atoms with Crippen LogP contribution in [0.5, 0.6) is 0 Å². The smallest absolute Gasteiger partial charge is 0.424 e. The van der Waals surface area contributed by atoms with Crippen molar-refractivity contribution in [3.05, 3.63) is 53.9 Å². The molecule has 2 aromatic heterocycles. The zero-order valence-electron chi connectivity index (χ0n) is 18.1. The third kappa shape index (κ3) is 4.70. The molecule has 0 fully saturated rings. The van der Waals surface area contributed by atoms with Gasteiger partial charge in [-0.25, -0.2) is 17.5 Å². The van der Waals surface area contributed by atoms with Crippen LogP contribution in [0.25, 0.3) is 22.2 Å². The predicted molar refractivity (Wildman–Crippen MR) is 117 cm³/mol. The van der Waals surface area contributed by atoms with Gasteiger partial charge in [0, 0.05) is 35.9 Å². The van der Waals surface area contributed by atoms with Crippen LogP contribution in [-0.2, 0) is 28.4 Å². The molecule has 0 aliphatic carbocycles. The van der Waals surface area contributed by atoms with Gasteiger partial charge in [-0.15, -0.1) is 0 Å². The van der Waals surface area contributed by atoms with E-state index in [1.54, 1.807) is 33.0 Å². The van der Waals surface area contributed by atoms with Crippen LogP contribution in [0.15, 0.2) is 42.7 Å². The highest BCUT2D eigenvalue weighted by Gasteiger charge is 2.29. The zero-order valence-corrected chi connectivity index (χ0v) is 18.9. The van der Waals surface area contributed by atoms with Crippen LogP contribution in [-0.4, -0.2) is 40.2 Å². The monoisotopic (exact) mass is 440 g/mol. The van der Waals surface area contributed by atoms with Crippen LogP contribution in [0.4, 0.5) is 4.79 Å². The number of benzene rings is 1. The molecule has 1 amide bonds. The van der Waals surface area contributed by atoms with Crippen LogP contribution in [0.3, 0.4) is 0 Å². The maximum absolute atomic E-state index is 12.5. The Hall–Kier alpha value is -3.38. The second-order valence-electron chi connectivity index (χ2n) is 8.24. The Labute approximate surface area is 181 Å². The number of aromatic nitrogens is 2. The fraction of sp³-hybridized carbons (Fsp3) is 0.318. The Morgan fingerprint density at radius 3 is 2.55 bits per heavy atom. The zero-order chi connectivity index (χ0) is 23.0. The first kappa shape index (κ1) is 22.3. The van der Waals surface area contributed by atoms with E-state index in [2.05, 4.69) is 11.1 Å². The number of aryl methyl sites for hydroxylation is 1. The van der Waals surface area contributed by atoms with Gasteiger partial charge in [-0.05, 0) is 38.5 Å². The number of rotatable bonds is 4. The molecule has 31 heavy (non-hydrogen) atoms. The number of hydrogen-bond donors (Lipinski definition) is 0. The fourth-order valence-corrected chi connectivity index (χ4v) is 4.04. The second kappa shape index (κ2) is 8.04. The highest BCUT2D eigenvalue weighted by molar-refractivity contribution is 7.88. The van der Waals surface area contributed by atoms with E-state index in [1.807, 2.05) is 35.9 Å². The molecule has 1 aromatic carbocycles. The van der Waals surface area contributed by atoms with Crippen LogP contribution in [0, 0.1) is 11.3 Å². The summed E-state index contributed by atoms with van der Waals surface area (Å²) in [5.74, 6) is 0. The van der Waals surface area contributed by atoms with Gasteiger partial charge in [-0.2, -0.15) is 5.26 Å². The molecule has 0 radical (unpaired) electrons. The van der Waals surface area contributed by atoms with Gasteiger partial charge in [-0.1, -0.05) is 18.2 Å². The van der Waals surface area contributed by atoms with Gasteiger partial charge in [0.15, 0.2) is 0 Å². The lowest BCUT2D eigenvalue weighted by Gasteiger charge is -2.26. The van der Waals surface area contributed by atoms with Crippen LogP contribution in [0.2, 0.25) is 0 Å². The van der Waals surface area contributed by atoms with Gasteiger partial charge >= 0.3 is 6.09 Å². The largest absolute Gasteiger partial charge is 0.443 e. The van der Waals surface area contributed by atoms with E-state index in [1.165, 1.54) is 6.20 Å². The van der Waals surface area contributed by atoms with Crippen molar-refractivity contribution in [2.75, 3.05) is 6.26 Å². The molecule has 0 saturated heterocycles. The maximum atomic E-state index is 12.5. The molecular weight excluding hydrogens is 416 g/mol.